The summed E-state index contributed by atoms with van der Waals surface area (Å²) in [7, 11) is 4.81. The molecule has 1 aromatic carbocycles. The van der Waals surface area contributed by atoms with Crippen molar-refractivity contribution in [1.29, 1.82) is 0 Å². The van der Waals surface area contributed by atoms with Crippen LogP contribution in [-0.2, 0) is 17.1 Å². The molecule has 1 amide bonds. The molecule has 0 spiro atoms. The normalized spacial score (nSPS) is 12.8. The molecule has 2 aromatic rings. The Hall–Kier alpha value is -2.36. The molecular formula is C18H26N4O4S. The number of sulfonamides is 1. The van der Waals surface area contributed by atoms with Gasteiger partial charge in [-0.15, -0.1) is 0 Å². The lowest BCUT2D eigenvalue weighted by Gasteiger charge is -2.26. The molecule has 1 aromatic heterocycles. The van der Waals surface area contributed by atoms with Crippen LogP contribution in [0, 0.1) is 0 Å². The van der Waals surface area contributed by atoms with E-state index in [2.05, 4.69) is 10.0 Å². The third kappa shape index (κ3) is 4.68. The van der Waals surface area contributed by atoms with Gasteiger partial charge in [0.1, 0.15) is 16.3 Å². The fraction of sp³-hybridized carbons (Fsp3) is 0.389. The van der Waals surface area contributed by atoms with Crippen molar-refractivity contribution in [3.8, 4) is 5.75 Å². The van der Waals surface area contributed by atoms with Crippen LogP contribution in [0.3, 0.4) is 0 Å². The number of methoxy groups -OCH3 is 1. The van der Waals surface area contributed by atoms with E-state index >= 15 is 0 Å². The largest absolute Gasteiger partial charge is 0.496 e. The third-order valence-electron chi connectivity index (χ3n) is 4.37. The molecule has 2 N–H and O–H groups in total. The molecule has 1 atom stereocenters. The van der Waals surface area contributed by atoms with Crippen molar-refractivity contribution in [2.24, 2.45) is 7.05 Å². The van der Waals surface area contributed by atoms with E-state index in [-0.39, 0.29) is 22.5 Å². The number of benzene rings is 1. The Labute approximate surface area is 160 Å². The molecule has 0 aliphatic rings. The van der Waals surface area contributed by atoms with Crippen LogP contribution in [0.25, 0.3) is 0 Å². The first-order valence-corrected chi connectivity index (χ1v) is 9.87. The highest BCUT2D eigenvalue weighted by Gasteiger charge is 2.22. The molecule has 0 fully saturated rings. The minimum Gasteiger partial charge on any atom is -0.496 e. The van der Waals surface area contributed by atoms with E-state index in [1.54, 1.807) is 14.2 Å². The maximum Gasteiger partial charge on any atom is 0.268 e. The number of aryl methyl sites for hydroxylation is 1. The number of amides is 1. The average molecular weight is 394 g/mol. The number of likely N-dealkylation sites (N-methyl/N-ethyl adjacent to an activating group) is 1. The topological polar surface area (TPSA) is 92.7 Å². The molecule has 1 heterocycles. The molecule has 0 aliphatic heterocycles. The minimum atomic E-state index is -3.61. The van der Waals surface area contributed by atoms with Gasteiger partial charge in [-0.2, -0.15) is 0 Å². The van der Waals surface area contributed by atoms with E-state index in [4.69, 9.17) is 4.74 Å². The third-order valence-corrected chi connectivity index (χ3v) is 5.75. The van der Waals surface area contributed by atoms with Crippen LogP contribution in [0.4, 0.5) is 0 Å². The van der Waals surface area contributed by atoms with Gasteiger partial charge in [0.15, 0.2) is 0 Å². The second kappa shape index (κ2) is 8.55. The predicted octanol–water partition coefficient (Wildman–Crippen LogP) is 0.975. The van der Waals surface area contributed by atoms with Crippen molar-refractivity contribution < 1.29 is 17.9 Å². The summed E-state index contributed by atoms with van der Waals surface area (Å²) in [6.07, 6.45) is 1.41. The van der Waals surface area contributed by atoms with Gasteiger partial charge in [0.05, 0.1) is 13.2 Å². The lowest BCUT2D eigenvalue weighted by atomic mass is 10.0. The van der Waals surface area contributed by atoms with Gasteiger partial charge in [0.25, 0.3) is 5.91 Å². The Balaban J connectivity index is 2.20. The van der Waals surface area contributed by atoms with Gasteiger partial charge in [-0.3, -0.25) is 4.79 Å². The summed E-state index contributed by atoms with van der Waals surface area (Å²) in [5, 5.41) is 2.88. The van der Waals surface area contributed by atoms with Crippen molar-refractivity contribution >= 4 is 15.9 Å². The summed E-state index contributed by atoms with van der Waals surface area (Å²) in [6.45, 7) is 0.339. The van der Waals surface area contributed by atoms with Gasteiger partial charge < -0.3 is 19.5 Å². The van der Waals surface area contributed by atoms with Crippen molar-refractivity contribution in [2.75, 3.05) is 34.8 Å². The Kier molecular flexibility index (Phi) is 6.63. The smallest absolute Gasteiger partial charge is 0.268 e. The van der Waals surface area contributed by atoms with Crippen LogP contribution in [0.15, 0.2) is 41.4 Å². The van der Waals surface area contributed by atoms with Gasteiger partial charge in [0, 0.05) is 25.4 Å². The van der Waals surface area contributed by atoms with Gasteiger partial charge in [-0.05, 0) is 33.3 Å². The van der Waals surface area contributed by atoms with Crippen molar-refractivity contribution in [3.63, 3.8) is 0 Å². The molecule has 2 rings (SSSR count). The van der Waals surface area contributed by atoms with E-state index < -0.39 is 10.0 Å². The number of para-hydroxylation sites is 1. The summed E-state index contributed by atoms with van der Waals surface area (Å²) < 4.78 is 33.0. The van der Waals surface area contributed by atoms with Gasteiger partial charge in [-0.1, -0.05) is 18.2 Å². The van der Waals surface area contributed by atoms with Crippen LogP contribution < -0.4 is 14.8 Å². The Morgan fingerprint density at radius 1 is 1.30 bits per heavy atom. The van der Waals surface area contributed by atoms with Crippen LogP contribution in [0.2, 0.25) is 0 Å². The van der Waals surface area contributed by atoms with E-state index in [0.717, 1.165) is 11.3 Å². The van der Waals surface area contributed by atoms with Crippen molar-refractivity contribution in [3.05, 3.63) is 47.8 Å². The van der Waals surface area contributed by atoms with Crippen molar-refractivity contribution in [1.82, 2.24) is 19.5 Å². The molecule has 0 bridgehead atoms. The highest BCUT2D eigenvalue weighted by Crippen LogP contribution is 2.27. The SMILES string of the molecule is CNS(=O)(=O)c1cc(C(=O)NCC(c2ccccc2OC)N(C)C)n(C)c1. The molecule has 0 radical (unpaired) electrons. The van der Waals surface area contributed by atoms with E-state index in [1.807, 2.05) is 43.3 Å². The molecule has 27 heavy (non-hydrogen) atoms. The van der Waals surface area contributed by atoms with E-state index in [1.165, 1.54) is 23.9 Å². The number of carbonyl (C=O) groups is 1. The number of hydrogen-bond acceptors (Lipinski definition) is 5. The first-order valence-electron chi connectivity index (χ1n) is 8.38. The molecule has 0 aliphatic carbocycles. The molecule has 0 saturated heterocycles. The van der Waals surface area contributed by atoms with Gasteiger partial charge in [0.2, 0.25) is 10.0 Å². The summed E-state index contributed by atoms with van der Waals surface area (Å²) >= 11 is 0. The fourth-order valence-corrected chi connectivity index (χ4v) is 3.62. The van der Waals surface area contributed by atoms with E-state index in [0.29, 0.717) is 6.54 Å². The highest BCUT2D eigenvalue weighted by atomic mass is 32.2. The van der Waals surface area contributed by atoms with E-state index in [9.17, 15) is 13.2 Å². The maximum absolute atomic E-state index is 12.6. The number of carbonyl (C=O) groups excluding carboxylic acids is 1. The standard InChI is InChI=1S/C18H26N4O4S/c1-19-27(24,25)13-10-15(22(4)12-13)18(23)20-11-16(21(2)3)14-8-6-7-9-17(14)26-5/h6-10,12,16,19H,11H2,1-5H3,(H,20,23). The zero-order valence-electron chi connectivity index (χ0n) is 16.2. The zero-order valence-corrected chi connectivity index (χ0v) is 17.0. The maximum atomic E-state index is 12.6. The van der Waals surface area contributed by atoms with Crippen LogP contribution >= 0.6 is 0 Å². The molecular weight excluding hydrogens is 368 g/mol. The summed E-state index contributed by atoms with van der Waals surface area (Å²) in [4.78, 5) is 14.6. The lowest BCUT2D eigenvalue weighted by Crippen LogP contribution is -2.35. The van der Waals surface area contributed by atoms with Crippen molar-refractivity contribution in [2.45, 2.75) is 10.9 Å². The number of nitrogens with zero attached hydrogens (tertiary/aromatic N) is 2. The second-order valence-corrected chi connectivity index (χ2v) is 8.20. The minimum absolute atomic E-state index is 0.0477. The number of aromatic nitrogens is 1. The van der Waals surface area contributed by atoms with Gasteiger partial charge in [-0.25, -0.2) is 13.1 Å². The first-order chi connectivity index (χ1) is 12.7. The monoisotopic (exact) mass is 394 g/mol. The van der Waals surface area contributed by atoms with Gasteiger partial charge >= 0.3 is 0 Å². The van der Waals surface area contributed by atoms with Crippen LogP contribution in [0.5, 0.6) is 5.75 Å². The Morgan fingerprint density at radius 2 is 1.96 bits per heavy atom. The Morgan fingerprint density at radius 3 is 2.56 bits per heavy atom. The first kappa shape index (κ1) is 20.9. The molecule has 148 valence electrons. The summed E-state index contributed by atoms with van der Waals surface area (Å²) in [6, 6.07) is 8.89. The summed E-state index contributed by atoms with van der Waals surface area (Å²) in [5.41, 5.74) is 1.22. The fourth-order valence-electron chi connectivity index (χ4n) is 2.82. The van der Waals surface area contributed by atoms with Crippen LogP contribution in [-0.4, -0.2) is 58.6 Å². The molecule has 8 nitrogen and oxygen atoms in total. The number of hydrogen-bond donors (Lipinski definition) is 2. The second-order valence-electron chi connectivity index (χ2n) is 6.31. The number of rotatable bonds is 8. The number of nitrogens with one attached hydrogen (secondary N) is 2. The number of ether oxygens (including phenoxy) is 1. The predicted molar refractivity (Wildman–Crippen MR) is 103 cm³/mol. The molecule has 0 saturated carbocycles. The lowest BCUT2D eigenvalue weighted by molar-refractivity contribution is 0.0933. The summed E-state index contributed by atoms with van der Waals surface area (Å²) in [5.74, 6) is 0.392. The quantitative estimate of drug-likeness (QED) is 0.696. The molecule has 9 heteroatoms. The van der Waals surface area contributed by atoms with Crippen LogP contribution in [0.1, 0.15) is 22.1 Å². The zero-order chi connectivity index (χ0) is 20.2. The average Bonchev–Trinajstić information content (AvgIpc) is 3.04. The highest BCUT2D eigenvalue weighted by molar-refractivity contribution is 7.89. The molecule has 1 unspecified atom stereocenters. The Bertz CT molecular complexity index is 906.